The summed E-state index contributed by atoms with van der Waals surface area (Å²) >= 11 is 1.46. The third-order valence-corrected chi connectivity index (χ3v) is 9.67. The van der Waals surface area contributed by atoms with Crippen LogP contribution in [0.3, 0.4) is 0 Å². The molecule has 1 aromatic carbocycles. The third kappa shape index (κ3) is 3.85. The minimum Gasteiger partial charge on any atom is -0.478 e. The van der Waals surface area contributed by atoms with Crippen molar-refractivity contribution in [2.24, 2.45) is 5.92 Å². The molecule has 9 heteroatoms. The van der Waals surface area contributed by atoms with Gasteiger partial charge in [-0.25, -0.2) is 13.2 Å². The maximum Gasteiger partial charge on any atom is 0.331 e. The molecular weight excluding hydrogens is 436 g/mol. The van der Waals surface area contributed by atoms with E-state index in [2.05, 4.69) is 11.8 Å². The lowest BCUT2D eigenvalue weighted by atomic mass is 9.49. The topological polar surface area (TPSA) is 87.1 Å². The minimum atomic E-state index is -3.72. The molecule has 3 aliphatic carbocycles. The molecule has 1 aromatic rings. The fraction of sp³-hybridized carbons (Fsp3) is 0.591. The molecule has 4 aliphatic rings. The number of hydrogen-bond acceptors (Lipinski definition) is 6. The molecular formula is C22H30N2O5S2. The number of hydrogen-bond donors (Lipinski definition) is 1. The zero-order valence-corrected chi connectivity index (χ0v) is 19.8. The number of rotatable bonds is 8. The molecule has 2 bridgehead atoms. The highest BCUT2D eigenvalue weighted by molar-refractivity contribution is 7.98. The molecule has 0 aromatic heterocycles. The third-order valence-electron chi connectivity index (χ3n) is 6.98. The van der Waals surface area contributed by atoms with Gasteiger partial charge in [0, 0.05) is 31.2 Å². The van der Waals surface area contributed by atoms with Gasteiger partial charge in [0.1, 0.15) is 10.6 Å². The lowest BCUT2D eigenvalue weighted by Gasteiger charge is -2.67. The van der Waals surface area contributed by atoms with Gasteiger partial charge in [-0.1, -0.05) is 19.8 Å². The number of benzene rings is 1. The van der Waals surface area contributed by atoms with Crippen LogP contribution in [0.1, 0.15) is 45.4 Å². The Balaban J connectivity index is 1.82. The first-order valence-electron chi connectivity index (χ1n) is 10.8. The van der Waals surface area contributed by atoms with Gasteiger partial charge in [0.25, 0.3) is 0 Å². The van der Waals surface area contributed by atoms with Crippen LogP contribution in [0.25, 0.3) is 0 Å². The average Bonchev–Trinajstić information content (AvgIpc) is 2.72. The summed E-state index contributed by atoms with van der Waals surface area (Å²) in [6.45, 7) is 2.82. The Bertz CT molecular complexity index is 990. The first-order valence-corrected chi connectivity index (χ1v) is 13.4. The molecule has 0 radical (unpaired) electrons. The SMILES string of the molecule is CCCC[C@@H]1CN(C23CC(C2)C3)c2cc(SC)c(O/C=C/C(=O)O)cc2S(=O)(=O)N1C. The van der Waals surface area contributed by atoms with Crippen molar-refractivity contribution < 1.29 is 23.1 Å². The predicted molar refractivity (Wildman–Crippen MR) is 121 cm³/mol. The van der Waals surface area contributed by atoms with Crippen LogP contribution in [0, 0.1) is 5.92 Å². The standard InChI is InChI=1S/C22H30N2O5S2/c1-4-5-6-16-14-24(22-11-15(12-22)13-22)17-9-19(30-3)18(29-8-7-21(25)26)10-20(17)31(27,28)23(16)2/h7-10,15-16H,4-6,11-14H2,1-3H3,(H,25,26)/b8-7+/t15?,16-,22?/m1/s1. The number of sulfonamides is 1. The fourth-order valence-electron chi connectivity index (χ4n) is 5.07. The highest BCUT2D eigenvalue weighted by atomic mass is 32.2. The number of unbranched alkanes of at least 4 members (excludes halogenated alkanes) is 1. The van der Waals surface area contributed by atoms with E-state index in [0.717, 1.165) is 67.4 Å². The summed E-state index contributed by atoms with van der Waals surface area (Å²) in [5.41, 5.74) is 0.828. The van der Waals surface area contributed by atoms with Gasteiger partial charge in [0.15, 0.2) is 0 Å². The molecule has 0 unspecified atom stereocenters. The molecule has 31 heavy (non-hydrogen) atoms. The Morgan fingerprint density at radius 3 is 2.61 bits per heavy atom. The molecule has 1 atom stereocenters. The fourth-order valence-corrected chi connectivity index (χ4v) is 7.17. The van der Waals surface area contributed by atoms with E-state index >= 15 is 0 Å². The van der Waals surface area contributed by atoms with Crippen molar-refractivity contribution in [1.29, 1.82) is 0 Å². The number of thioether (sulfide) groups is 1. The van der Waals surface area contributed by atoms with E-state index in [4.69, 9.17) is 9.84 Å². The second kappa shape index (κ2) is 8.33. The monoisotopic (exact) mass is 466 g/mol. The number of fused-ring (bicyclic) bond motifs is 1. The summed E-state index contributed by atoms with van der Waals surface area (Å²) in [5, 5.41) is 8.85. The lowest BCUT2D eigenvalue weighted by molar-refractivity contribution is -0.131. The van der Waals surface area contributed by atoms with Crippen LogP contribution >= 0.6 is 11.8 Å². The summed E-state index contributed by atoms with van der Waals surface area (Å²) in [4.78, 5) is 14.2. The van der Waals surface area contributed by atoms with Gasteiger partial charge in [-0.15, -0.1) is 11.8 Å². The van der Waals surface area contributed by atoms with Gasteiger partial charge in [-0.3, -0.25) is 0 Å². The largest absolute Gasteiger partial charge is 0.478 e. The summed E-state index contributed by atoms with van der Waals surface area (Å²) in [6, 6.07) is 3.40. The Morgan fingerprint density at radius 1 is 1.35 bits per heavy atom. The van der Waals surface area contributed by atoms with Crippen LogP contribution in [-0.2, 0) is 14.8 Å². The molecule has 0 saturated heterocycles. The molecule has 7 nitrogen and oxygen atoms in total. The summed E-state index contributed by atoms with van der Waals surface area (Å²) in [5.74, 6) is 0.00516. The molecule has 0 amide bonds. The van der Waals surface area contributed by atoms with Crippen molar-refractivity contribution >= 4 is 33.4 Å². The molecule has 1 N–H and O–H groups in total. The second-order valence-corrected chi connectivity index (χ2v) is 11.7. The zero-order chi connectivity index (χ0) is 22.4. The van der Waals surface area contributed by atoms with Gasteiger partial charge in [-0.2, -0.15) is 4.31 Å². The maximum atomic E-state index is 13.6. The normalized spacial score (nSPS) is 29.1. The van der Waals surface area contributed by atoms with Gasteiger partial charge in [-0.05, 0) is 43.9 Å². The van der Waals surface area contributed by atoms with Crippen LogP contribution < -0.4 is 9.64 Å². The first-order chi connectivity index (χ1) is 14.7. The van der Waals surface area contributed by atoms with Gasteiger partial charge < -0.3 is 14.7 Å². The number of anilines is 1. The number of ether oxygens (including phenoxy) is 1. The van der Waals surface area contributed by atoms with Crippen LogP contribution in [0.4, 0.5) is 5.69 Å². The summed E-state index contributed by atoms with van der Waals surface area (Å²) in [6.07, 6.45) is 10.1. The van der Waals surface area contributed by atoms with E-state index in [1.54, 1.807) is 13.1 Å². The highest BCUT2D eigenvalue weighted by Gasteiger charge is 2.61. The van der Waals surface area contributed by atoms with E-state index in [1.165, 1.54) is 16.1 Å². The number of aliphatic carboxylic acids is 1. The highest BCUT2D eigenvalue weighted by Crippen LogP contribution is 2.62. The summed E-state index contributed by atoms with van der Waals surface area (Å²) < 4.78 is 34.4. The van der Waals surface area contributed by atoms with Crippen molar-refractivity contribution in [1.82, 2.24) is 4.31 Å². The zero-order valence-electron chi connectivity index (χ0n) is 18.2. The van der Waals surface area contributed by atoms with Crippen molar-refractivity contribution in [3.05, 3.63) is 24.5 Å². The second-order valence-electron chi connectivity index (χ2n) is 8.86. The van der Waals surface area contributed by atoms with Gasteiger partial charge in [0.05, 0.1) is 22.9 Å². The molecule has 1 aliphatic heterocycles. The number of carboxylic acid groups (broad SMARTS) is 1. The van der Waals surface area contributed by atoms with Crippen LogP contribution in [0.2, 0.25) is 0 Å². The van der Waals surface area contributed by atoms with Crippen molar-refractivity contribution in [3.63, 3.8) is 0 Å². The Morgan fingerprint density at radius 2 is 2.06 bits per heavy atom. The van der Waals surface area contributed by atoms with E-state index < -0.39 is 16.0 Å². The molecule has 0 spiro atoms. The molecule has 3 fully saturated rings. The van der Waals surface area contributed by atoms with Crippen LogP contribution in [0.15, 0.2) is 34.3 Å². The van der Waals surface area contributed by atoms with E-state index in [1.807, 2.05) is 12.3 Å². The number of likely N-dealkylation sites (N-methyl/N-ethyl adjacent to an activating group) is 1. The average molecular weight is 467 g/mol. The quantitative estimate of drug-likeness (QED) is 0.353. The predicted octanol–water partition coefficient (Wildman–Crippen LogP) is 3.94. The number of carbonyl (C=O) groups is 1. The molecule has 5 rings (SSSR count). The summed E-state index contributed by atoms with van der Waals surface area (Å²) in [7, 11) is -2.04. The molecule has 1 heterocycles. The molecule has 3 saturated carbocycles. The number of nitrogens with zero attached hydrogens (tertiary/aromatic N) is 2. The minimum absolute atomic E-state index is 0.0752. The van der Waals surface area contributed by atoms with E-state index in [9.17, 15) is 13.2 Å². The van der Waals surface area contributed by atoms with Gasteiger partial charge in [0.2, 0.25) is 10.0 Å². The van der Waals surface area contributed by atoms with Crippen molar-refractivity contribution in [2.75, 3.05) is 24.7 Å². The Labute approximate surface area is 188 Å². The van der Waals surface area contributed by atoms with E-state index in [0.29, 0.717) is 12.3 Å². The van der Waals surface area contributed by atoms with Crippen LogP contribution in [0.5, 0.6) is 5.75 Å². The van der Waals surface area contributed by atoms with E-state index in [-0.39, 0.29) is 16.5 Å². The maximum absolute atomic E-state index is 13.6. The molecule has 170 valence electrons. The van der Waals surface area contributed by atoms with Crippen molar-refractivity contribution in [2.45, 2.75) is 66.8 Å². The van der Waals surface area contributed by atoms with Crippen molar-refractivity contribution in [3.8, 4) is 5.75 Å². The van der Waals surface area contributed by atoms with Gasteiger partial charge >= 0.3 is 5.97 Å². The Hall–Kier alpha value is -1.71. The van der Waals surface area contributed by atoms with Crippen LogP contribution in [-0.4, -0.2) is 55.2 Å². The first kappa shape index (κ1) is 22.5. The smallest absolute Gasteiger partial charge is 0.331 e. The Kier molecular flexibility index (Phi) is 6.04. The number of carboxylic acids is 1. The lowest BCUT2D eigenvalue weighted by Crippen LogP contribution is -2.69.